The lowest BCUT2D eigenvalue weighted by Gasteiger charge is -2.22. The molecular formula is C23H24N8O2. The van der Waals surface area contributed by atoms with Gasteiger partial charge in [-0.05, 0) is 38.1 Å². The summed E-state index contributed by atoms with van der Waals surface area (Å²) in [5, 5.41) is 14.4. The molecule has 0 bridgehead atoms. The third-order valence-electron chi connectivity index (χ3n) is 6.41. The zero-order valence-electron chi connectivity index (χ0n) is 18.0. The third-order valence-corrected chi connectivity index (χ3v) is 6.41. The van der Waals surface area contributed by atoms with E-state index in [4.69, 9.17) is 0 Å². The molecular weight excluding hydrogens is 420 g/mol. The van der Waals surface area contributed by atoms with Crippen LogP contribution in [0.3, 0.4) is 0 Å². The fourth-order valence-electron chi connectivity index (χ4n) is 4.66. The lowest BCUT2D eigenvalue weighted by molar-refractivity contribution is 0.0927. The maximum atomic E-state index is 12.9. The molecule has 33 heavy (non-hydrogen) atoms. The van der Waals surface area contributed by atoms with E-state index < -0.39 is 0 Å². The number of anilines is 1. The molecule has 6 rings (SSSR count). The van der Waals surface area contributed by atoms with Gasteiger partial charge in [0.25, 0.3) is 11.8 Å². The predicted octanol–water partition coefficient (Wildman–Crippen LogP) is 2.15. The molecule has 0 aliphatic carbocycles. The summed E-state index contributed by atoms with van der Waals surface area (Å²) >= 11 is 0. The van der Waals surface area contributed by atoms with Crippen LogP contribution in [0.4, 0.5) is 5.69 Å². The summed E-state index contributed by atoms with van der Waals surface area (Å²) in [6, 6.07) is 4.06. The second kappa shape index (κ2) is 7.89. The Morgan fingerprint density at radius 1 is 1.12 bits per heavy atom. The minimum absolute atomic E-state index is 0.0735. The molecule has 4 aromatic rings. The minimum atomic E-state index is -0.239. The van der Waals surface area contributed by atoms with Gasteiger partial charge in [-0.1, -0.05) is 0 Å². The van der Waals surface area contributed by atoms with E-state index in [0.29, 0.717) is 35.2 Å². The standard InChI is InChI=1S/C23H24N8O2/c32-22(29-16-10-28-31(13-16)17-1-3-24-4-2-17)14-7-18-19(11-27-21(18)26-9-14)15-8-20-23(33)25-5-6-30(20)12-15/h7-13,17,24H,1-6H2,(H,25,33)(H,26,27)(H,29,32). The maximum absolute atomic E-state index is 12.9. The van der Waals surface area contributed by atoms with Crippen LogP contribution in [0.5, 0.6) is 0 Å². The summed E-state index contributed by atoms with van der Waals surface area (Å²) < 4.78 is 3.89. The normalized spacial score (nSPS) is 16.5. The monoisotopic (exact) mass is 444 g/mol. The van der Waals surface area contributed by atoms with Crippen LogP contribution in [0.25, 0.3) is 22.2 Å². The number of fused-ring (bicyclic) bond motifs is 2. The quantitative estimate of drug-likeness (QED) is 0.384. The largest absolute Gasteiger partial charge is 0.349 e. The average molecular weight is 444 g/mol. The highest BCUT2D eigenvalue weighted by Gasteiger charge is 2.21. The van der Waals surface area contributed by atoms with Gasteiger partial charge < -0.3 is 25.5 Å². The van der Waals surface area contributed by atoms with Crippen LogP contribution in [0.2, 0.25) is 0 Å². The number of piperidine rings is 1. The van der Waals surface area contributed by atoms with Crippen molar-refractivity contribution in [2.75, 3.05) is 25.0 Å². The molecule has 168 valence electrons. The van der Waals surface area contributed by atoms with Crippen molar-refractivity contribution >= 4 is 28.5 Å². The summed E-state index contributed by atoms with van der Waals surface area (Å²) in [7, 11) is 0. The number of H-pyrrole nitrogens is 1. The van der Waals surface area contributed by atoms with Crippen molar-refractivity contribution in [3.63, 3.8) is 0 Å². The lowest BCUT2D eigenvalue weighted by atomic mass is 10.1. The molecule has 0 aromatic carbocycles. The van der Waals surface area contributed by atoms with Crippen molar-refractivity contribution in [1.29, 1.82) is 0 Å². The van der Waals surface area contributed by atoms with Crippen molar-refractivity contribution in [2.24, 2.45) is 0 Å². The van der Waals surface area contributed by atoms with Crippen molar-refractivity contribution in [1.82, 2.24) is 34.9 Å². The first-order valence-corrected chi connectivity index (χ1v) is 11.2. The Morgan fingerprint density at radius 2 is 2.00 bits per heavy atom. The van der Waals surface area contributed by atoms with E-state index >= 15 is 0 Å². The first-order valence-electron chi connectivity index (χ1n) is 11.2. The summed E-state index contributed by atoms with van der Waals surface area (Å²) in [5.74, 6) is -0.312. The molecule has 2 aliphatic heterocycles. The Balaban J connectivity index is 1.26. The first kappa shape index (κ1) is 19.7. The Kier molecular flexibility index (Phi) is 4.72. The number of aromatic nitrogens is 5. The Bertz CT molecular complexity index is 1360. The van der Waals surface area contributed by atoms with Crippen LogP contribution in [0.15, 0.2) is 43.1 Å². The highest BCUT2D eigenvalue weighted by atomic mass is 16.2. The van der Waals surface area contributed by atoms with Gasteiger partial charge in [-0.3, -0.25) is 14.3 Å². The number of amides is 2. The van der Waals surface area contributed by atoms with Crippen LogP contribution in [0.1, 0.15) is 39.7 Å². The molecule has 0 spiro atoms. The smallest absolute Gasteiger partial charge is 0.267 e. The van der Waals surface area contributed by atoms with Gasteiger partial charge in [-0.15, -0.1) is 0 Å². The summed E-state index contributed by atoms with van der Waals surface area (Å²) in [6.07, 6.45) is 11.0. The van der Waals surface area contributed by atoms with Gasteiger partial charge in [0, 0.05) is 54.4 Å². The Hall–Kier alpha value is -3.92. The number of rotatable bonds is 4. The van der Waals surface area contributed by atoms with E-state index in [0.717, 1.165) is 49.0 Å². The molecule has 6 heterocycles. The topological polar surface area (TPSA) is 122 Å². The number of nitrogens with zero attached hydrogens (tertiary/aromatic N) is 4. The predicted molar refractivity (Wildman–Crippen MR) is 123 cm³/mol. The zero-order valence-corrected chi connectivity index (χ0v) is 18.0. The van der Waals surface area contributed by atoms with Gasteiger partial charge in [0.15, 0.2) is 0 Å². The highest BCUT2D eigenvalue weighted by Crippen LogP contribution is 2.30. The van der Waals surface area contributed by atoms with Crippen LogP contribution in [-0.2, 0) is 6.54 Å². The number of hydrogen-bond acceptors (Lipinski definition) is 5. The molecule has 0 radical (unpaired) electrons. The van der Waals surface area contributed by atoms with Crippen molar-refractivity contribution in [3.8, 4) is 11.1 Å². The van der Waals surface area contributed by atoms with Gasteiger partial charge in [0.2, 0.25) is 0 Å². The zero-order chi connectivity index (χ0) is 22.4. The van der Waals surface area contributed by atoms with E-state index in [1.807, 2.05) is 40.0 Å². The van der Waals surface area contributed by atoms with E-state index in [-0.39, 0.29) is 11.8 Å². The van der Waals surface area contributed by atoms with Gasteiger partial charge in [0.05, 0.1) is 23.5 Å². The van der Waals surface area contributed by atoms with Crippen LogP contribution in [-0.4, -0.2) is 55.8 Å². The molecule has 1 saturated heterocycles. The molecule has 0 saturated carbocycles. The molecule has 10 nitrogen and oxygen atoms in total. The van der Waals surface area contributed by atoms with Crippen molar-refractivity contribution in [3.05, 3.63) is 54.4 Å². The van der Waals surface area contributed by atoms with Crippen molar-refractivity contribution < 1.29 is 9.59 Å². The highest BCUT2D eigenvalue weighted by molar-refractivity contribution is 6.07. The Labute approximate surface area is 189 Å². The van der Waals surface area contributed by atoms with E-state index in [2.05, 4.69) is 31.0 Å². The second-order valence-electron chi connectivity index (χ2n) is 8.53. The molecule has 1 fully saturated rings. The number of carbonyl (C=O) groups excluding carboxylic acids is 2. The summed E-state index contributed by atoms with van der Waals surface area (Å²) in [5.41, 5.74) is 4.27. The number of nitrogens with one attached hydrogen (secondary N) is 4. The summed E-state index contributed by atoms with van der Waals surface area (Å²) in [4.78, 5) is 32.7. The molecule has 4 aromatic heterocycles. The third kappa shape index (κ3) is 3.58. The second-order valence-corrected chi connectivity index (χ2v) is 8.53. The SMILES string of the molecule is O=C(Nc1cnn(C2CCNCC2)c1)c1cnc2[nH]cc(-c3cc4n(c3)CCNC4=O)c2c1. The van der Waals surface area contributed by atoms with E-state index in [1.165, 1.54) is 0 Å². The summed E-state index contributed by atoms with van der Waals surface area (Å²) in [6.45, 7) is 3.31. The number of pyridine rings is 1. The number of aromatic amines is 1. The molecule has 0 atom stereocenters. The number of hydrogen-bond donors (Lipinski definition) is 4. The van der Waals surface area contributed by atoms with E-state index in [1.54, 1.807) is 12.4 Å². The maximum Gasteiger partial charge on any atom is 0.267 e. The molecule has 2 amide bonds. The lowest BCUT2D eigenvalue weighted by Crippen LogP contribution is -2.34. The number of carbonyl (C=O) groups is 2. The molecule has 2 aliphatic rings. The molecule has 0 unspecified atom stereocenters. The average Bonchev–Trinajstić information content (AvgIpc) is 3.57. The van der Waals surface area contributed by atoms with Gasteiger partial charge in [0.1, 0.15) is 11.3 Å². The molecule has 10 heteroatoms. The first-order chi connectivity index (χ1) is 16.2. The van der Waals surface area contributed by atoms with Gasteiger partial charge >= 0.3 is 0 Å². The van der Waals surface area contributed by atoms with Gasteiger partial charge in [-0.2, -0.15) is 5.10 Å². The Morgan fingerprint density at radius 3 is 2.85 bits per heavy atom. The minimum Gasteiger partial charge on any atom is -0.349 e. The van der Waals surface area contributed by atoms with Crippen LogP contribution < -0.4 is 16.0 Å². The van der Waals surface area contributed by atoms with Gasteiger partial charge in [-0.25, -0.2) is 4.98 Å². The molecule has 4 N–H and O–H groups in total. The fraction of sp³-hybridized carbons (Fsp3) is 0.304. The fourth-order valence-corrected chi connectivity index (χ4v) is 4.66. The van der Waals surface area contributed by atoms with Crippen LogP contribution in [0, 0.1) is 0 Å². The van der Waals surface area contributed by atoms with Crippen LogP contribution >= 0.6 is 0 Å². The van der Waals surface area contributed by atoms with E-state index in [9.17, 15) is 9.59 Å². The van der Waals surface area contributed by atoms with Crippen molar-refractivity contribution in [2.45, 2.75) is 25.4 Å².